The zero-order chi connectivity index (χ0) is 10.4. The second kappa shape index (κ2) is 2.98. The summed E-state index contributed by atoms with van der Waals surface area (Å²) in [6.45, 7) is 0. The van der Waals surface area contributed by atoms with E-state index in [1.165, 1.54) is 22.7 Å². The van der Waals surface area contributed by atoms with Gasteiger partial charge in [0.1, 0.15) is 9.88 Å². The highest BCUT2D eigenvalue weighted by Gasteiger charge is 2.34. The van der Waals surface area contributed by atoms with E-state index in [-0.39, 0.29) is 5.69 Å². The summed E-state index contributed by atoms with van der Waals surface area (Å²) < 4.78 is 4.42. The Bertz CT molecular complexity index is 524. The first kappa shape index (κ1) is 8.75. The molecule has 0 aromatic carbocycles. The van der Waals surface area contributed by atoms with Crippen molar-refractivity contribution in [3.63, 3.8) is 0 Å². The second-order valence-electron chi connectivity index (χ2n) is 2.85. The number of cyclic esters (lactones) is 2. The highest BCUT2D eigenvalue weighted by molar-refractivity contribution is 7.22. The number of ether oxygens (including phenoxy) is 1. The Morgan fingerprint density at radius 3 is 2.80 bits per heavy atom. The van der Waals surface area contributed by atoms with Crippen LogP contribution in [0.4, 0.5) is 0 Å². The average Bonchev–Trinajstić information content (AvgIpc) is 2.88. The molecule has 74 valence electrons. The molecule has 6 heteroatoms. The number of rotatable bonds is 1. The van der Waals surface area contributed by atoms with Crippen LogP contribution in [0, 0.1) is 0 Å². The number of nitrogens with zero attached hydrogens (tertiary/aromatic N) is 1. The van der Waals surface area contributed by atoms with Crippen LogP contribution in [-0.2, 0) is 4.74 Å². The third kappa shape index (κ3) is 1.22. The molecule has 15 heavy (non-hydrogen) atoms. The molecule has 1 aliphatic rings. The molecule has 2 aromatic rings. The molecular weight excluding hydrogens is 234 g/mol. The summed E-state index contributed by atoms with van der Waals surface area (Å²) in [7, 11) is 0. The maximum atomic E-state index is 11.2. The van der Waals surface area contributed by atoms with Crippen molar-refractivity contribution in [2.45, 2.75) is 0 Å². The molecule has 0 saturated heterocycles. The lowest BCUT2D eigenvalue weighted by atomic mass is 10.4. The van der Waals surface area contributed by atoms with E-state index in [0.717, 1.165) is 4.88 Å². The highest BCUT2D eigenvalue weighted by Crippen LogP contribution is 2.34. The minimum Gasteiger partial charge on any atom is -0.384 e. The summed E-state index contributed by atoms with van der Waals surface area (Å²) in [5.41, 5.74) is 0.147. The molecule has 0 saturated carbocycles. The fraction of sp³-hybridized carbons (Fsp3) is 0. The zero-order valence-corrected chi connectivity index (χ0v) is 8.85. The molecular formula is C9H3NO3S2. The van der Waals surface area contributed by atoms with E-state index >= 15 is 0 Å². The van der Waals surface area contributed by atoms with E-state index in [1.807, 2.05) is 17.5 Å². The van der Waals surface area contributed by atoms with Gasteiger partial charge in [-0.15, -0.1) is 22.7 Å². The van der Waals surface area contributed by atoms with Gasteiger partial charge in [-0.3, -0.25) is 0 Å². The number of hydrogen-bond donors (Lipinski definition) is 0. The van der Waals surface area contributed by atoms with Gasteiger partial charge in [0, 0.05) is 0 Å². The maximum Gasteiger partial charge on any atom is 0.366 e. The SMILES string of the molecule is O=C1OC(=O)c2sc(-c3cccs3)nc21. The lowest BCUT2D eigenvalue weighted by Crippen LogP contribution is -1.99. The van der Waals surface area contributed by atoms with Crippen LogP contribution in [0.5, 0.6) is 0 Å². The van der Waals surface area contributed by atoms with E-state index in [2.05, 4.69) is 9.72 Å². The number of esters is 2. The molecule has 0 aliphatic carbocycles. The van der Waals surface area contributed by atoms with Crippen molar-refractivity contribution >= 4 is 34.6 Å². The van der Waals surface area contributed by atoms with E-state index in [1.54, 1.807) is 0 Å². The summed E-state index contributed by atoms with van der Waals surface area (Å²) >= 11 is 2.72. The van der Waals surface area contributed by atoms with Crippen LogP contribution in [0.15, 0.2) is 17.5 Å². The van der Waals surface area contributed by atoms with E-state index < -0.39 is 11.9 Å². The Hall–Kier alpha value is -1.53. The Morgan fingerprint density at radius 1 is 1.27 bits per heavy atom. The van der Waals surface area contributed by atoms with Gasteiger partial charge in [-0.05, 0) is 11.4 Å². The molecule has 0 radical (unpaired) electrons. The third-order valence-electron chi connectivity index (χ3n) is 1.92. The Labute approximate surface area is 92.1 Å². The van der Waals surface area contributed by atoms with Gasteiger partial charge in [0.15, 0.2) is 5.69 Å². The maximum absolute atomic E-state index is 11.2. The number of hydrogen-bond acceptors (Lipinski definition) is 6. The van der Waals surface area contributed by atoms with Gasteiger partial charge < -0.3 is 4.74 Å². The van der Waals surface area contributed by atoms with Crippen molar-refractivity contribution in [2.75, 3.05) is 0 Å². The van der Waals surface area contributed by atoms with E-state index in [4.69, 9.17) is 0 Å². The van der Waals surface area contributed by atoms with Gasteiger partial charge in [-0.2, -0.15) is 0 Å². The molecule has 2 aromatic heterocycles. The normalized spacial score (nSPS) is 14.1. The summed E-state index contributed by atoms with van der Waals surface area (Å²) in [5, 5.41) is 2.61. The van der Waals surface area contributed by atoms with Crippen molar-refractivity contribution in [2.24, 2.45) is 0 Å². The Kier molecular flexibility index (Phi) is 1.74. The van der Waals surface area contributed by atoms with Crippen molar-refractivity contribution in [3.8, 4) is 9.88 Å². The first-order valence-electron chi connectivity index (χ1n) is 4.07. The standard InChI is InChI=1S/C9H3NO3S2/c11-8-5-6(9(12)13-8)15-7(10-5)4-2-1-3-14-4/h1-3H. The third-order valence-corrected chi connectivity index (χ3v) is 4.00. The Morgan fingerprint density at radius 2 is 2.13 bits per heavy atom. The minimum absolute atomic E-state index is 0.147. The van der Waals surface area contributed by atoms with Crippen LogP contribution in [0.2, 0.25) is 0 Å². The number of fused-ring (bicyclic) bond motifs is 1. The lowest BCUT2D eigenvalue weighted by molar-refractivity contribution is 0.0443. The second-order valence-corrected chi connectivity index (χ2v) is 4.80. The van der Waals surface area contributed by atoms with Crippen molar-refractivity contribution in [1.29, 1.82) is 0 Å². The molecule has 0 amide bonds. The molecule has 3 rings (SSSR count). The molecule has 0 fully saturated rings. The van der Waals surface area contributed by atoms with Crippen molar-refractivity contribution < 1.29 is 14.3 Å². The predicted octanol–water partition coefficient (Wildman–Crippen LogP) is 2.18. The zero-order valence-electron chi connectivity index (χ0n) is 7.22. The Balaban J connectivity index is 2.16. The summed E-state index contributed by atoms with van der Waals surface area (Å²) in [5.74, 6) is -1.23. The highest BCUT2D eigenvalue weighted by atomic mass is 32.1. The van der Waals surface area contributed by atoms with Crippen LogP contribution >= 0.6 is 22.7 Å². The number of thiazole rings is 1. The minimum atomic E-state index is -0.644. The summed E-state index contributed by atoms with van der Waals surface area (Å²) in [4.78, 5) is 27.7. The lowest BCUT2D eigenvalue weighted by Gasteiger charge is -1.89. The van der Waals surface area contributed by atoms with E-state index in [0.29, 0.717) is 9.88 Å². The van der Waals surface area contributed by atoms with Crippen molar-refractivity contribution in [1.82, 2.24) is 4.98 Å². The van der Waals surface area contributed by atoms with Crippen LogP contribution in [0.3, 0.4) is 0 Å². The molecule has 0 atom stereocenters. The fourth-order valence-electron chi connectivity index (χ4n) is 1.28. The van der Waals surface area contributed by atoms with Crippen LogP contribution < -0.4 is 0 Å². The quantitative estimate of drug-likeness (QED) is 0.563. The molecule has 0 N–H and O–H groups in total. The molecule has 4 nitrogen and oxygen atoms in total. The molecule has 0 spiro atoms. The van der Waals surface area contributed by atoms with Gasteiger partial charge in [0.2, 0.25) is 0 Å². The summed E-state index contributed by atoms with van der Waals surface area (Å²) in [6.07, 6.45) is 0. The van der Waals surface area contributed by atoms with Crippen LogP contribution in [0.1, 0.15) is 20.2 Å². The average molecular weight is 237 g/mol. The van der Waals surface area contributed by atoms with Crippen molar-refractivity contribution in [3.05, 3.63) is 28.1 Å². The molecule has 1 aliphatic heterocycles. The first-order valence-corrected chi connectivity index (χ1v) is 5.76. The topological polar surface area (TPSA) is 56.3 Å². The predicted molar refractivity (Wildman–Crippen MR) is 55.2 cm³/mol. The van der Waals surface area contributed by atoms with Crippen LogP contribution in [0.25, 0.3) is 9.88 Å². The summed E-state index contributed by atoms with van der Waals surface area (Å²) in [6, 6.07) is 3.79. The number of thiophene rings is 1. The number of carbonyl (C=O) groups is 2. The first-order chi connectivity index (χ1) is 7.25. The largest absolute Gasteiger partial charge is 0.384 e. The van der Waals surface area contributed by atoms with Gasteiger partial charge in [-0.25, -0.2) is 14.6 Å². The van der Waals surface area contributed by atoms with Gasteiger partial charge in [-0.1, -0.05) is 6.07 Å². The molecule has 3 heterocycles. The molecule has 0 bridgehead atoms. The smallest absolute Gasteiger partial charge is 0.366 e. The van der Waals surface area contributed by atoms with E-state index in [9.17, 15) is 9.59 Å². The van der Waals surface area contributed by atoms with Gasteiger partial charge in [0.05, 0.1) is 4.88 Å². The van der Waals surface area contributed by atoms with Crippen LogP contribution in [-0.4, -0.2) is 16.9 Å². The fourth-order valence-corrected chi connectivity index (χ4v) is 3.01. The molecule has 0 unspecified atom stereocenters. The monoisotopic (exact) mass is 237 g/mol. The van der Waals surface area contributed by atoms with Gasteiger partial charge >= 0.3 is 11.9 Å². The number of aromatic nitrogens is 1. The number of carbonyl (C=O) groups excluding carboxylic acids is 2. The van der Waals surface area contributed by atoms with Gasteiger partial charge in [0.25, 0.3) is 0 Å².